The lowest BCUT2D eigenvalue weighted by atomic mass is 9.76. The Morgan fingerprint density at radius 3 is 2.70 bits per heavy atom. The summed E-state index contributed by atoms with van der Waals surface area (Å²) in [6.07, 6.45) is 3.97. The van der Waals surface area contributed by atoms with Gasteiger partial charge in [0.25, 0.3) is 0 Å². The predicted molar refractivity (Wildman–Crippen MR) is 119 cm³/mol. The molecule has 0 atom stereocenters. The van der Waals surface area contributed by atoms with E-state index in [-0.39, 0.29) is 0 Å². The van der Waals surface area contributed by atoms with Crippen molar-refractivity contribution in [1.29, 1.82) is 0 Å². The first-order valence-corrected chi connectivity index (χ1v) is 11.1. The maximum absolute atomic E-state index is 10.4. The number of aromatic nitrogens is 2. The van der Waals surface area contributed by atoms with Crippen LogP contribution in [0.5, 0.6) is 5.75 Å². The average Bonchev–Trinajstić information content (AvgIpc) is 3.48. The van der Waals surface area contributed by atoms with E-state index >= 15 is 0 Å². The van der Waals surface area contributed by atoms with Crippen molar-refractivity contribution in [1.82, 2.24) is 15.1 Å². The second-order valence-corrected chi connectivity index (χ2v) is 9.59. The molecule has 1 heterocycles. The molecule has 3 aromatic rings. The van der Waals surface area contributed by atoms with E-state index in [0.717, 1.165) is 46.0 Å². The van der Waals surface area contributed by atoms with E-state index in [9.17, 15) is 5.11 Å². The van der Waals surface area contributed by atoms with E-state index in [0.29, 0.717) is 22.7 Å². The van der Waals surface area contributed by atoms with Crippen LogP contribution in [0.2, 0.25) is 0 Å². The summed E-state index contributed by atoms with van der Waals surface area (Å²) in [5.41, 5.74) is 10.9. The topological polar surface area (TPSA) is 105 Å². The summed E-state index contributed by atoms with van der Waals surface area (Å²) in [5, 5.41) is 18.7. The van der Waals surface area contributed by atoms with Crippen molar-refractivity contribution < 1.29 is 15.0 Å². The van der Waals surface area contributed by atoms with Crippen molar-refractivity contribution in [3.05, 3.63) is 41.5 Å². The monoisotopic (exact) mass is 426 g/mol. The van der Waals surface area contributed by atoms with Crippen LogP contribution in [-0.4, -0.2) is 26.2 Å². The zero-order valence-corrected chi connectivity index (χ0v) is 17.9. The number of nitrogens with zero attached hydrogens (tertiary/aromatic N) is 1. The number of benzene rings is 2. The number of nitrogens with one attached hydrogen (secondary N) is 2. The number of aliphatic hydroxyl groups is 1. The smallest absolute Gasteiger partial charge is 0.167 e. The Hall–Kier alpha value is -2.26. The Kier molecular flexibility index (Phi) is 4.89. The molecule has 0 spiro atoms. The number of hydrogen-bond donors (Lipinski definition) is 4. The maximum atomic E-state index is 10.4. The first-order chi connectivity index (χ1) is 14.4. The van der Waals surface area contributed by atoms with Crippen LogP contribution >= 0.6 is 11.9 Å². The van der Waals surface area contributed by atoms with Gasteiger partial charge in [0.15, 0.2) is 11.6 Å². The molecule has 7 nitrogen and oxygen atoms in total. The molecule has 0 saturated heterocycles. The SMILES string of the molecule is Cc1cc(OONSC2CC(O)(C3CC3)C2)ccc1-c1ccc2[nH]nc(N)c2c1C. The van der Waals surface area contributed by atoms with Gasteiger partial charge in [-0.3, -0.25) is 5.10 Å². The molecule has 5 rings (SSSR count). The van der Waals surface area contributed by atoms with Crippen LogP contribution < -0.4 is 15.5 Å². The van der Waals surface area contributed by atoms with Gasteiger partial charge in [-0.25, -0.2) is 0 Å². The molecule has 1 aromatic heterocycles. The van der Waals surface area contributed by atoms with Crippen LogP contribution in [0.15, 0.2) is 30.3 Å². The third-order valence-electron chi connectivity index (χ3n) is 6.39. The molecule has 0 bridgehead atoms. The van der Waals surface area contributed by atoms with E-state index in [4.69, 9.17) is 15.6 Å². The van der Waals surface area contributed by atoms with Crippen molar-refractivity contribution in [3.8, 4) is 16.9 Å². The number of H-pyrrole nitrogens is 1. The van der Waals surface area contributed by atoms with Crippen LogP contribution in [0.4, 0.5) is 5.82 Å². The average molecular weight is 427 g/mol. The number of anilines is 1. The molecule has 2 aliphatic rings. The largest absolute Gasteiger partial charge is 0.390 e. The summed E-state index contributed by atoms with van der Waals surface area (Å²) >= 11 is 1.46. The lowest BCUT2D eigenvalue weighted by molar-refractivity contribution is -0.231. The zero-order valence-electron chi connectivity index (χ0n) is 17.1. The summed E-state index contributed by atoms with van der Waals surface area (Å²) in [6.45, 7) is 4.10. The molecule has 0 amide bonds. The Bertz CT molecular complexity index is 1090. The first kappa shape index (κ1) is 19.7. The zero-order chi connectivity index (χ0) is 20.9. The number of aromatic amines is 1. The fourth-order valence-corrected chi connectivity index (χ4v) is 5.47. The van der Waals surface area contributed by atoms with Gasteiger partial charge in [0, 0.05) is 10.6 Å². The highest BCUT2D eigenvalue weighted by Crippen LogP contribution is 2.52. The molecular formula is C22H26N4O3S. The fraction of sp³-hybridized carbons (Fsp3) is 0.409. The quantitative estimate of drug-likeness (QED) is 0.194. The predicted octanol–water partition coefficient (Wildman–Crippen LogP) is 4.20. The highest BCUT2D eigenvalue weighted by Gasteiger charge is 2.52. The van der Waals surface area contributed by atoms with Crippen LogP contribution in [0.1, 0.15) is 36.8 Å². The lowest BCUT2D eigenvalue weighted by Gasteiger charge is -2.43. The van der Waals surface area contributed by atoms with Crippen LogP contribution in [-0.2, 0) is 4.99 Å². The van der Waals surface area contributed by atoms with Crippen LogP contribution in [0.3, 0.4) is 0 Å². The fourth-order valence-electron chi connectivity index (χ4n) is 4.51. The van der Waals surface area contributed by atoms with Gasteiger partial charge in [0.2, 0.25) is 0 Å². The summed E-state index contributed by atoms with van der Waals surface area (Å²) in [5.74, 6) is 1.65. The second-order valence-electron chi connectivity index (χ2n) is 8.52. The van der Waals surface area contributed by atoms with Gasteiger partial charge in [0.05, 0.1) is 11.1 Å². The molecule has 2 aromatic carbocycles. The highest BCUT2D eigenvalue weighted by molar-refractivity contribution is 7.97. The number of hydrogen-bond acceptors (Lipinski definition) is 7. The van der Waals surface area contributed by atoms with Gasteiger partial charge in [0.1, 0.15) is 0 Å². The van der Waals surface area contributed by atoms with Crippen LogP contribution in [0.25, 0.3) is 22.0 Å². The maximum Gasteiger partial charge on any atom is 0.167 e. The molecule has 158 valence electrons. The van der Waals surface area contributed by atoms with Gasteiger partial charge in [-0.15, -0.1) is 4.89 Å². The molecule has 2 saturated carbocycles. The number of rotatable bonds is 7. The van der Waals surface area contributed by atoms with Crippen molar-refractivity contribution in [2.45, 2.75) is 50.4 Å². The molecular weight excluding hydrogens is 400 g/mol. The standard InChI is InChI=1S/C22H26N4O3S/c1-12-9-15(28-29-26-30-16-10-22(27,11-16)14-3-4-14)5-6-17(12)18-7-8-19-20(13(18)2)21(23)25-24-19/h5-9,14,16,26-27H,3-4,10-11H2,1-2H3,(H3,23,24,25). The van der Waals surface area contributed by atoms with E-state index in [1.807, 2.05) is 31.2 Å². The molecule has 30 heavy (non-hydrogen) atoms. The van der Waals surface area contributed by atoms with E-state index in [2.05, 4.69) is 28.1 Å². The third kappa shape index (κ3) is 3.54. The van der Waals surface area contributed by atoms with Crippen molar-refractivity contribution in [3.63, 3.8) is 0 Å². The number of aryl methyl sites for hydroxylation is 2. The molecule has 8 heteroatoms. The Morgan fingerprint density at radius 2 is 1.97 bits per heavy atom. The number of nitrogens with two attached hydrogens (primary N) is 1. The van der Waals surface area contributed by atoms with Gasteiger partial charge < -0.3 is 15.7 Å². The summed E-state index contributed by atoms with van der Waals surface area (Å²) in [7, 11) is 0. The van der Waals surface area contributed by atoms with Gasteiger partial charge in [-0.2, -0.15) is 5.10 Å². The molecule has 5 N–H and O–H groups in total. The lowest BCUT2D eigenvalue weighted by Crippen LogP contribution is -2.48. The van der Waals surface area contributed by atoms with Gasteiger partial charge in [-0.05, 0) is 97.8 Å². The second kappa shape index (κ2) is 7.46. The summed E-state index contributed by atoms with van der Waals surface area (Å²) < 4.78 is 0. The summed E-state index contributed by atoms with van der Waals surface area (Å²) in [4.78, 5) is 13.3. The van der Waals surface area contributed by atoms with Crippen molar-refractivity contribution in [2.75, 3.05) is 5.73 Å². The van der Waals surface area contributed by atoms with Gasteiger partial charge in [-0.1, -0.05) is 17.1 Å². The van der Waals surface area contributed by atoms with Gasteiger partial charge >= 0.3 is 0 Å². The Labute approximate surface area is 179 Å². The third-order valence-corrected chi connectivity index (χ3v) is 7.22. The number of nitrogen functional groups attached to an aromatic ring is 1. The molecule has 0 unspecified atom stereocenters. The highest BCUT2D eigenvalue weighted by atomic mass is 32.2. The van der Waals surface area contributed by atoms with Crippen molar-refractivity contribution >= 4 is 28.7 Å². The minimum atomic E-state index is -0.435. The first-order valence-electron chi connectivity index (χ1n) is 10.3. The molecule has 2 aliphatic carbocycles. The molecule has 0 radical (unpaired) electrons. The Balaban J connectivity index is 1.19. The van der Waals surface area contributed by atoms with Crippen molar-refractivity contribution in [2.24, 2.45) is 5.92 Å². The van der Waals surface area contributed by atoms with Crippen LogP contribution in [0, 0.1) is 19.8 Å². The van der Waals surface area contributed by atoms with E-state index in [1.165, 1.54) is 24.8 Å². The minimum Gasteiger partial charge on any atom is -0.390 e. The summed E-state index contributed by atoms with van der Waals surface area (Å²) in [6, 6.07) is 9.92. The van der Waals surface area contributed by atoms with E-state index in [1.54, 1.807) is 0 Å². The number of fused-ring (bicyclic) bond motifs is 1. The Morgan fingerprint density at radius 1 is 1.20 bits per heavy atom. The molecule has 2 fully saturated rings. The normalized spacial score (nSPS) is 23.5. The molecule has 0 aliphatic heterocycles. The van der Waals surface area contributed by atoms with E-state index < -0.39 is 5.60 Å². The minimum absolute atomic E-state index is 0.358.